The van der Waals surface area contributed by atoms with Crippen molar-refractivity contribution in [3.05, 3.63) is 77.1 Å². The summed E-state index contributed by atoms with van der Waals surface area (Å²) in [6, 6.07) is 15.2. The molecule has 0 spiro atoms. The Labute approximate surface area is 159 Å². The first-order chi connectivity index (χ1) is 13.0. The van der Waals surface area contributed by atoms with E-state index in [2.05, 4.69) is 27.8 Å². The van der Waals surface area contributed by atoms with Gasteiger partial charge < -0.3 is 15.4 Å². The maximum atomic E-state index is 12.5. The second-order valence-corrected chi connectivity index (χ2v) is 6.51. The molecule has 5 nitrogen and oxygen atoms in total. The molecule has 0 saturated heterocycles. The smallest absolute Gasteiger partial charge is 0.274 e. The number of anilines is 3. The number of rotatable bonds is 5. The first-order valence-corrected chi connectivity index (χ1v) is 8.72. The van der Waals surface area contributed by atoms with Crippen LogP contribution in [0, 0.1) is 20.8 Å². The number of amides is 1. The van der Waals surface area contributed by atoms with Gasteiger partial charge in [0.2, 0.25) is 0 Å². The summed E-state index contributed by atoms with van der Waals surface area (Å²) in [6.45, 7) is 6.03. The average molecular weight is 361 g/mol. The molecule has 0 fully saturated rings. The minimum absolute atomic E-state index is 0.221. The highest BCUT2D eigenvalue weighted by atomic mass is 16.5. The number of carbonyl (C=O) groups is 1. The van der Waals surface area contributed by atoms with Gasteiger partial charge in [0, 0.05) is 11.4 Å². The largest absolute Gasteiger partial charge is 0.497 e. The fourth-order valence-corrected chi connectivity index (χ4v) is 3.00. The Morgan fingerprint density at radius 1 is 0.926 bits per heavy atom. The predicted molar refractivity (Wildman–Crippen MR) is 109 cm³/mol. The van der Waals surface area contributed by atoms with Crippen LogP contribution in [-0.2, 0) is 0 Å². The number of aromatic nitrogens is 1. The number of aryl methyl sites for hydroxylation is 3. The number of nitrogens with one attached hydrogen (secondary N) is 2. The summed E-state index contributed by atoms with van der Waals surface area (Å²) in [5.74, 6) is 0.577. The monoisotopic (exact) mass is 361 g/mol. The molecule has 5 heteroatoms. The highest BCUT2D eigenvalue weighted by Gasteiger charge is 2.11. The molecule has 0 aliphatic heterocycles. The molecule has 1 heterocycles. The maximum absolute atomic E-state index is 12.5. The van der Waals surface area contributed by atoms with Gasteiger partial charge in [0.05, 0.1) is 19.0 Å². The first-order valence-electron chi connectivity index (χ1n) is 8.72. The number of ether oxygens (including phenoxy) is 1. The summed E-state index contributed by atoms with van der Waals surface area (Å²) in [6.07, 6.45) is 1.65. The van der Waals surface area contributed by atoms with Gasteiger partial charge in [-0.25, -0.2) is 4.98 Å². The van der Waals surface area contributed by atoms with Crippen molar-refractivity contribution in [3.63, 3.8) is 0 Å². The van der Waals surface area contributed by atoms with Crippen LogP contribution < -0.4 is 15.4 Å². The zero-order chi connectivity index (χ0) is 19.4. The number of hydrogen-bond donors (Lipinski definition) is 2. The van der Waals surface area contributed by atoms with Crippen molar-refractivity contribution in [2.45, 2.75) is 20.8 Å². The lowest BCUT2D eigenvalue weighted by molar-refractivity contribution is 0.102. The van der Waals surface area contributed by atoms with Crippen LogP contribution in [0.1, 0.15) is 27.2 Å². The van der Waals surface area contributed by atoms with E-state index in [9.17, 15) is 4.79 Å². The minimum Gasteiger partial charge on any atom is -0.497 e. The normalized spacial score (nSPS) is 10.4. The van der Waals surface area contributed by atoms with E-state index in [1.807, 2.05) is 51.1 Å². The molecule has 2 aromatic carbocycles. The molecule has 0 saturated carbocycles. The summed E-state index contributed by atoms with van der Waals surface area (Å²) in [5, 5.41) is 6.21. The first kappa shape index (κ1) is 18.5. The van der Waals surface area contributed by atoms with Crippen LogP contribution in [0.4, 0.5) is 17.1 Å². The van der Waals surface area contributed by atoms with Crippen molar-refractivity contribution in [2.24, 2.45) is 0 Å². The summed E-state index contributed by atoms with van der Waals surface area (Å²) in [5.41, 5.74) is 6.19. The van der Waals surface area contributed by atoms with E-state index in [1.165, 1.54) is 5.56 Å². The van der Waals surface area contributed by atoms with Crippen LogP contribution in [0.3, 0.4) is 0 Å². The summed E-state index contributed by atoms with van der Waals surface area (Å²) < 4.78 is 5.15. The Morgan fingerprint density at radius 2 is 1.56 bits per heavy atom. The van der Waals surface area contributed by atoms with Crippen molar-refractivity contribution in [3.8, 4) is 5.75 Å². The third kappa shape index (κ3) is 4.44. The molecule has 138 valence electrons. The summed E-state index contributed by atoms with van der Waals surface area (Å²) in [4.78, 5) is 16.8. The molecule has 0 radical (unpaired) electrons. The van der Waals surface area contributed by atoms with E-state index in [0.29, 0.717) is 5.69 Å². The van der Waals surface area contributed by atoms with Gasteiger partial charge in [0.1, 0.15) is 11.4 Å². The van der Waals surface area contributed by atoms with Crippen LogP contribution in [0.25, 0.3) is 0 Å². The Kier molecular flexibility index (Phi) is 5.41. The van der Waals surface area contributed by atoms with E-state index < -0.39 is 0 Å². The van der Waals surface area contributed by atoms with E-state index in [-0.39, 0.29) is 5.91 Å². The predicted octanol–water partition coefficient (Wildman–Crippen LogP) is 5.01. The fourth-order valence-electron chi connectivity index (χ4n) is 3.00. The van der Waals surface area contributed by atoms with Gasteiger partial charge in [-0.15, -0.1) is 0 Å². The number of carbonyl (C=O) groups excluding carboxylic acids is 1. The molecule has 0 bridgehead atoms. The minimum atomic E-state index is -0.221. The number of pyridine rings is 1. The van der Waals surface area contributed by atoms with E-state index in [4.69, 9.17) is 4.74 Å². The molecule has 0 atom stereocenters. The lowest BCUT2D eigenvalue weighted by atomic mass is 10.0. The van der Waals surface area contributed by atoms with Crippen molar-refractivity contribution in [2.75, 3.05) is 17.7 Å². The van der Waals surface area contributed by atoms with Crippen molar-refractivity contribution in [1.29, 1.82) is 0 Å². The van der Waals surface area contributed by atoms with E-state index >= 15 is 0 Å². The molecule has 0 aliphatic carbocycles. The average Bonchev–Trinajstić information content (AvgIpc) is 2.65. The molecule has 27 heavy (non-hydrogen) atoms. The number of benzene rings is 2. The molecule has 1 aromatic heterocycles. The third-order valence-corrected chi connectivity index (χ3v) is 4.29. The summed E-state index contributed by atoms with van der Waals surface area (Å²) in [7, 11) is 1.63. The van der Waals surface area contributed by atoms with E-state index in [1.54, 1.807) is 19.4 Å². The van der Waals surface area contributed by atoms with Gasteiger partial charge in [0.25, 0.3) is 5.91 Å². The van der Waals surface area contributed by atoms with Gasteiger partial charge in [-0.2, -0.15) is 0 Å². The number of nitrogens with zero attached hydrogens (tertiary/aromatic N) is 1. The maximum Gasteiger partial charge on any atom is 0.274 e. The van der Waals surface area contributed by atoms with Crippen LogP contribution >= 0.6 is 0 Å². The quantitative estimate of drug-likeness (QED) is 0.670. The lowest BCUT2D eigenvalue weighted by Gasteiger charge is -2.13. The van der Waals surface area contributed by atoms with Crippen LogP contribution in [0.15, 0.2) is 54.7 Å². The standard InChI is InChI=1S/C22H23N3O2/c1-14-11-15(2)21(16(3)12-14)25-22(26)20-10-7-18(13-23-20)24-17-5-8-19(27-4)9-6-17/h5-13,24H,1-4H3,(H,25,26). The molecular formula is C22H23N3O2. The lowest BCUT2D eigenvalue weighted by Crippen LogP contribution is -2.15. The van der Waals surface area contributed by atoms with Crippen LogP contribution in [0.2, 0.25) is 0 Å². The van der Waals surface area contributed by atoms with Gasteiger partial charge in [-0.05, 0) is 68.3 Å². The Bertz CT molecular complexity index is 925. The Balaban J connectivity index is 1.70. The molecule has 1 amide bonds. The SMILES string of the molecule is COc1ccc(Nc2ccc(C(=O)Nc3c(C)cc(C)cc3C)nc2)cc1. The van der Waals surface area contributed by atoms with Crippen molar-refractivity contribution >= 4 is 23.0 Å². The fraction of sp³-hybridized carbons (Fsp3) is 0.182. The molecule has 3 aromatic rings. The molecule has 0 aliphatic rings. The molecule has 3 rings (SSSR count). The van der Waals surface area contributed by atoms with Crippen molar-refractivity contribution < 1.29 is 9.53 Å². The highest BCUT2D eigenvalue weighted by Crippen LogP contribution is 2.23. The second-order valence-electron chi connectivity index (χ2n) is 6.51. The zero-order valence-corrected chi connectivity index (χ0v) is 16.0. The Hall–Kier alpha value is -3.34. The van der Waals surface area contributed by atoms with Gasteiger partial charge >= 0.3 is 0 Å². The molecule has 2 N–H and O–H groups in total. The van der Waals surface area contributed by atoms with Gasteiger partial charge in [-0.3, -0.25) is 4.79 Å². The topological polar surface area (TPSA) is 63.2 Å². The molecule has 0 unspecified atom stereocenters. The van der Waals surface area contributed by atoms with Crippen LogP contribution in [0.5, 0.6) is 5.75 Å². The zero-order valence-electron chi connectivity index (χ0n) is 16.0. The molecular weight excluding hydrogens is 338 g/mol. The number of hydrogen-bond acceptors (Lipinski definition) is 4. The summed E-state index contributed by atoms with van der Waals surface area (Å²) >= 11 is 0. The second kappa shape index (κ2) is 7.91. The van der Waals surface area contributed by atoms with Gasteiger partial charge in [0.15, 0.2) is 0 Å². The third-order valence-electron chi connectivity index (χ3n) is 4.29. The Morgan fingerprint density at radius 3 is 2.11 bits per heavy atom. The van der Waals surface area contributed by atoms with Crippen molar-refractivity contribution in [1.82, 2.24) is 4.98 Å². The van der Waals surface area contributed by atoms with Crippen LogP contribution in [-0.4, -0.2) is 18.0 Å². The van der Waals surface area contributed by atoms with Gasteiger partial charge in [-0.1, -0.05) is 17.7 Å². The highest BCUT2D eigenvalue weighted by molar-refractivity contribution is 6.03. The number of methoxy groups -OCH3 is 1. The van der Waals surface area contributed by atoms with E-state index in [0.717, 1.165) is 33.9 Å².